The van der Waals surface area contributed by atoms with Crippen LogP contribution in [0.5, 0.6) is 0 Å². The lowest BCUT2D eigenvalue weighted by atomic mass is 9.89. The van der Waals surface area contributed by atoms with E-state index in [0.717, 1.165) is 44.0 Å². The zero-order valence-electron chi connectivity index (χ0n) is 17.3. The van der Waals surface area contributed by atoms with Gasteiger partial charge in [0.15, 0.2) is 0 Å². The van der Waals surface area contributed by atoms with Gasteiger partial charge in [0.05, 0.1) is 0 Å². The van der Waals surface area contributed by atoms with Crippen LogP contribution in [0.15, 0.2) is 54.6 Å². The minimum absolute atomic E-state index is 0.148. The Labute approximate surface area is 176 Å². The third-order valence-electron chi connectivity index (χ3n) is 6.33. The molecule has 0 radical (unpaired) electrons. The number of hydrogen-bond donors (Lipinski definition) is 1. The molecule has 2 atom stereocenters. The average molecular weight is 402 g/mol. The summed E-state index contributed by atoms with van der Waals surface area (Å²) in [7, 11) is 0. The van der Waals surface area contributed by atoms with Crippen molar-refractivity contribution in [3.63, 3.8) is 0 Å². The highest BCUT2D eigenvalue weighted by Gasteiger charge is 2.39. The number of nitrogens with one attached hydrogen (secondary N) is 1. The fourth-order valence-corrected chi connectivity index (χ4v) is 4.84. The van der Waals surface area contributed by atoms with Crippen molar-refractivity contribution < 1.29 is 4.79 Å². The van der Waals surface area contributed by atoms with Crippen molar-refractivity contribution in [2.75, 3.05) is 13.1 Å². The molecule has 6 nitrogen and oxygen atoms in total. The van der Waals surface area contributed by atoms with Crippen LogP contribution in [0.4, 0.5) is 0 Å². The van der Waals surface area contributed by atoms with Crippen molar-refractivity contribution in [1.82, 2.24) is 25.0 Å². The number of carbonyl (C=O) groups excluding carboxylic acids is 1. The van der Waals surface area contributed by atoms with E-state index in [1.165, 1.54) is 11.1 Å². The van der Waals surface area contributed by atoms with Gasteiger partial charge < -0.3 is 9.88 Å². The lowest BCUT2D eigenvalue weighted by Crippen LogP contribution is -2.32. The molecule has 154 valence electrons. The lowest BCUT2D eigenvalue weighted by Gasteiger charge is -2.25. The van der Waals surface area contributed by atoms with E-state index < -0.39 is 0 Å². The summed E-state index contributed by atoms with van der Waals surface area (Å²) in [5.41, 5.74) is 3.75. The van der Waals surface area contributed by atoms with Crippen LogP contribution in [0.25, 0.3) is 0 Å². The number of aromatic nitrogens is 3. The fourth-order valence-electron chi connectivity index (χ4n) is 4.84. The molecule has 30 heavy (non-hydrogen) atoms. The molecular weight excluding hydrogens is 374 g/mol. The van der Waals surface area contributed by atoms with Gasteiger partial charge in [0, 0.05) is 39.1 Å². The van der Waals surface area contributed by atoms with E-state index in [9.17, 15) is 4.79 Å². The van der Waals surface area contributed by atoms with Gasteiger partial charge in [0.25, 0.3) is 5.91 Å². The van der Waals surface area contributed by atoms with Crippen LogP contribution in [0.2, 0.25) is 0 Å². The Bertz CT molecular complexity index is 1040. The number of amides is 1. The average Bonchev–Trinajstić information content (AvgIpc) is 3.33. The second-order valence-corrected chi connectivity index (χ2v) is 8.63. The first kappa shape index (κ1) is 19.0. The molecule has 5 rings (SSSR count). The van der Waals surface area contributed by atoms with E-state index in [-0.39, 0.29) is 5.91 Å². The van der Waals surface area contributed by atoms with Crippen LogP contribution in [0.3, 0.4) is 0 Å². The molecule has 3 heterocycles. The summed E-state index contributed by atoms with van der Waals surface area (Å²) >= 11 is 0. The molecule has 0 spiro atoms. The van der Waals surface area contributed by atoms with Crippen molar-refractivity contribution in [1.29, 1.82) is 0 Å². The Balaban J connectivity index is 1.24. The molecule has 2 unspecified atom stereocenters. The molecule has 2 aromatic carbocycles. The fraction of sp³-hybridized carbons (Fsp3) is 0.375. The van der Waals surface area contributed by atoms with Gasteiger partial charge in [-0.2, -0.15) is 0 Å². The maximum absolute atomic E-state index is 12.7. The van der Waals surface area contributed by atoms with Crippen LogP contribution >= 0.6 is 0 Å². The SMILES string of the molecule is Cc1cccc(CN2CC3Cc4nnc(C(=O)NCc5ccccc5)n4CC3C2)c1. The van der Waals surface area contributed by atoms with Crippen LogP contribution in [-0.4, -0.2) is 38.7 Å². The van der Waals surface area contributed by atoms with Gasteiger partial charge in [-0.1, -0.05) is 60.2 Å². The molecule has 1 aromatic heterocycles. The number of rotatable bonds is 5. The maximum Gasteiger partial charge on any atom is 0.289 e. The molecule has 6 heteroatoms. The molecule has 1 amide bonds. The Morgan fingerprint density at radius 2 is 1.80 bits per heavy atom. The van der Waals surface area contributed by atoms with Crippen molar-refractivity contribution in [3.05, 3.63) is 82.9 Å². The molecule has 0 aliphatic carbocycles. The Morgan fingerprint density at radius 1 is 1.00 bits per heavy atom. The smallest absolute Gasteiger partial charge is 0.289 e. The van der Waals surface area contributed by atoms with E-state index in [2.05, 4.69) is 51.6 Å². The van der Waals surface area contributed by atoms with E-state index in [4.69, 9.17) is 0 Å². The maximum atomic E-state index is 12.7. The standard InChI is InChI=1S/C24H27N5O/c1-17-6-5-9-19(10-17)13-28-14-20-11-22-26-27-23(29(22)16-21(20)15-28)24(30)25-12-18-7-3-2-4-8-18/h2-10,20-21H,11-16H2,1H3,(H,25,30). The predicted molar refractivity (Wildman–Crippen MR) is 115 cm³/mol. The second-order valence-electron chi connectivity index (χ2n) is 8.63. The Morgan fingerprint density at radius 3 is 2.63 bits per heavy atom. The first-order valence-electron chi connectivity index (χ1n) is 10.7. The Hall–Kier alpha value is -2.99. The number of likely N-dealkylation sites (tertiary alicyclic amines) is 1. The summed E-state index contributed by atoms with van der Waals surface area (Å²) in [4.78, 5) is 15.3. The summed E-state index contributed by atoms with van der Waals surface area (Å²) < 4.78 is 2.04. The monoisotopic (exact) mass is 401 g/mol. The summed E-state index contributed by atoms with van der Waals surface area (Å²) in [6.45, 7) is 6.59. The van der Waals surface area contributed by atoms with Crippen molar-refractivity contribution >= 4 is 5.91 Å². The van der Waals surface area contributed by atoms with Crippen molar-refractivity contribution in [2.24, 2.45) is 11.8 Å². The number of hydrogen-bond acceptors (Lipinski definition) is 4. The van der Waals surface area contributed by atoms with Gasteiger partial charge in [-0.25, -0.2) is 0 Å². The molecular formula is C24H27N5O. The number of aryl methyl sites for hydroxylation is 1. The molecule has 0 bridgehead atoms. The van der Waals surface area contributed by atoms with Gasteiger partial charge in [0.2, 0.25) is 5.82 Å². The lowest BCUT2D eigenvalue weighted by molar-refractivity contribution is 0.0932. The van der Waals surface area contributed by atoms with Crippen LogP contribution in [0, 0.1) is 18.8 Å². The second kappa shape index (κ2) is 8.03. The van der Waals surface area contributed by atoms with Gasteiger partial charge in [0.1, 0.15) is 5.82 Å². The van der Waals surface area contributed by atoms with Crippen molar-refractivity contribution in [3.8, 4) is 0 Å². The van der Waals surface area contributed by atoms with Crippen LogP contribution in [-0.2, 0) is 26.1 Å². The molecule has 3 aromatic rings. The van der Waals surface area contributed by atoms with Gasteiger partial charge in [-0.05, 0) is 29.9 Å². The summed E-state index contributed by atoms with van der Waals surface area (Å²) in [5, 5.41) is 11.6. The predicted octanol–water partition coefficient (Wildman–Crippen LogP) is 2.82. The highest BCUT2D eigenvalue weighted by molar-refractivity contribution is 5.90. The number of nitrogens with zero attached hydrogens (tertiary/aromatic N) is 4. The normalized spacial score (nSPS) is 20.6. The number of benzene rings is 2. The third-order valence-corrected chi connectivity index (χ3v) is 6.33. The van der Waals surface area contributed by atoms with Gasteiger partial charge in [-0.15, -0.1) is 10.2 Å². The minimum Gasteiger partial charge on any atom is -0.345 e. The van der Waals surface area contributed by atoms with E-state index >= 15 is 0 Å². The van der Waals surface area contributed by atoms with Gasteiger partial charge >= 0.3 is 0 Å². The highest BCUT2D eigenvalue weighted by Crippen LogP contribution is 2.33. The summed E-state index contributed by atoms with van der Waals surface area (Å²) in [6, 6.07) is 18.7. The van der Waals surface area contributed by atoms with E-state index in [0.29, 0.717) is 24.2 Å². The van der Waals surface area contributed by atoms with Crippen LogP contribution in [0.1, 0.15) is 33.1 Å². The topological polar surface area (TPSA) is 63.1 Å². The zero-order chi connectivity index (χ0) is 20.5. The van der Waals surface area contributed by atoms with E-state index in [1.54, 1.807) is 0 Å². The van der Waals surface area contributed by atoms with Crippen molar-refractivity contribution in [2.45, 2.75) is 33.0 Å². The quantitative estimate of drug-likeness (QED) is 0.714. The number of fused-ring (bicyclic) bond motifs is 2. The molecule has 1 saturated heterocycles. The first-order chi connectivity index (χ1) is 14.7. The first-order valence-corrected chi connectivity index (χ1v) is 10.7. The molecule has 1 fully saturated rings. The molecule has 1 N–H and O–H groups in total. The molecule has 2 aliphatic rings. The summed E-state index contributed by atoms with van der Waals surface area (Å²) in [6.07, 6.45) is 0.897. The summed E-state index contributed by atoms with van der Waals surface area (Å²) in [5.74, 6) is 2.37. The van der Waals surface area contributed by atoms with E-state index in [1.807, 2.05) is 34.9 Å². The highest BCUT2D eigenvalue weighted by atomic mass is 16.2. The van der Waals surface area contributed by atoms with Gasteiger partial charge in [-0.3, -0.25) is 9.69 Å². The minimum atomic E-state index is -0.148. The molecule has 2 aliphatic heterocycles. The number of carbonyl (C=O) groups is 1. The van der Waals surface area contributed by atoms with Crippen LogP contribution < -0.4 is 5.32 Å². The zero-order valence-corrected chi connectivity index (χ0v) is 17.3. The molecule has 0 saturated carbocycles. The largest absolute Gasteiger partial charge is 0.345 e. The Kier molecular flexibility index (Phi) is 5.09. The third kappa shape index (κ3) is 3.87.